The molecule has 0 amide bonds. The minimum absolute atomic E-state index is 0.0641. The molecule has 0 aliphatic heterocycles. The van der Waals surface area contributed by atoms with Crippen LogP contribution in [0.15, 0.2) is 0 Å². The van der Waals surface area contributed by atoms with Gasteiger partial charge < -0.3 is 14.2 Å². The molecule has 58 heavy (non-hydrogen) atoms. The van der Waals surface area contributed by atoms with E-state index in [2.05, 4.69) is 34.6 Å². The van der Waals surface area contributed by atoms with E-state index in [1.807, 2.05) is 0 Å². The summed E-state index contributed by atoms with van der Waals surface area (Å²) in [6.45, 7) is 11.4. The molecule has 0 spiro atoms. The van der Waals surface area contributed by atoms with Crippen molar-refractivity contribution in [3.8, 4) is 0 Å². The molecule has 0 aromatic heterocycles. The molecule has 0 saturated heterocycles. The van der Waals surface area contributed by atoms with Crippen molar-refractivity contribution in [2.45, 2.75) is 291 Å². The molecule has 1 unspecified atom stereocenters. The Morgan fingerprint density at radius 2 is 0.655 bits per heavy atom. The van der Waals surface area contributed by atoms with Crippen LogP contribution >= 0.6 is 0 Å². The molecule has 6 heteroatoms. The molecule has 0 fully saturated rings. The Morgan fingerprint density at radius 3 is 0.983 bits per heavy atom. The molecule has 0 saturated carbocycles. The van der Waals surface area contributed by atoms with Crippen LogP contribution in [0.2, 0.25) is 0 Å². The third-order valence-corrected chi connectivity index (χ3v) is 12.1. The molecular weight excluding hydrogens is 721 g/mol. The van der Waals surface area contributed by atoms with Crippen LogP contribution in [0.4, 0.5) is 0 Å². The average Bonchev–Trinajstić information content (AvgIpc) is 3.21. The highest BCUT2D eigenvalue weighted by Crippen LogP contribution is 2.18. The molecule has 0 heterocycles. The SMILES string of the molecule is CCCCCCCCCC(=O)OC[C@@H](COC(=O)CCCCCCCCCCCCCCCCCCC(C)C)OC(=O)CCCCCCCCCCCCC(C)CC. The zero-order chi connectivity index (χ0) is 42.6. The fourth-order valence-electron chi connectivity index (χ4n) is 7.78. The van der Waals surface area contributed by atoms with Gasteiger partial charge in [0.1, 0.15) is 13.2 Å². The summed E-state index contributed by atoms with van der Waals surface area (Å²) in [6, 6.07) is 0. The van der Waals surface area contributed by atoms with Gasteiger partial charge in [-0.2, -0.15) is 0 Å². The molecule has 0 aliphatic carbocycles. The first-order valence-electron chi connectivity index (χ1n) is 25.8. The highest BCUT2D eigenvalue weighted by molar-refractivity contribution is 5.71. The predicted molar refractivity (Wildman–Crippen MR) is 247 cm³/mol. The van der Waals surface area contributed by atoms with Gasteiger partial charge in [-0.3, -0.25) is 14.4 Å². The smallest absolute Gasteiger partial charge is 0.306 e. The summed E-state index contributed by atoms with van der Waals surface area (Å²) in [6.07, 6.45) is 45.3. The lowest BCUT2D eigenvalue weighted by molar-refractivity contribution is -0.167. The zero-order valence-corrected chi connectivity index (χ0v) is 39.7. The van der Waals surface area contributed by atoms with Gasteiger partial charge in [-0.15, -0.1) is 0 Å². The second kappa shape index (κ2) is 44.9. The van der Waals surface area contributed by atoms with E-state index in [1.165, 1.54) is 173 Å². The predicted octanol–water partition coefficient (Wildman–Crippen LogP) is 16.5. The molecule has 0 aromatic rings. The van der Waals surface area contributed by atoms with Crippen molar-refractivity contribution in [3.63, 3.8) is 0 Å². The topological polar surface area (TPSA) is 78.9 Å². The normalized spacial score (nSPS) is 12.5. The number of carbonyl (C=O) groups excluding carboxylic acids is 3. The van der Waals surface area contributed by atoms with Crippen molar-refractivity contribution in [1.82, 2.24) is 0 Å². The van der Waals surface area contributed by atoms with Gasteiger partial charge in [-0.25, -0.2) is 0 Å². The Bertz CT molecular complexity index is 887. The third kappa shape index (κ3) is 44.0. The highest BCUT2D eigenvalue weighted by Gasteiger charge is 2.19. The molecule has 0 rings (SSSR count). The van der Waals surface area contributed by atoms with E-state index in [-0.39, 0.29) is 31.1 Å². The summed E-state index contributed by atoms with van der Waals surface area (Å²) in [5.41, 5.74) is 0. The summed E-state index contributed by atoms with van der Waals surface area (Å²) >= 11 is 0. The monoisotopic (exact) mass is 821 g/mol. The minimum Gasteiger partial charge on any atom is -0.462 e. The van der Waals surface area contributed by atoms with Crippen molar-refractivity contribution >= 4 is 17.9 Å². The van der Waals surface area contributed by atoms with E-state index in [0.29, 0.717) is 19.3 Å². The summed E-state index contributed by atoms with van der Waals surface area (Å²) < 4.78 is 16.7. The van der Waals surface area contributed by atoms with E-state index < -0.39 is 6.10 Å². The van der Waals surface area contributed by atoms with Crippen molar-refractivity contribution < 1.29 is 28.6 Å². The maximum Gasteiger partial charge on any atom is 0.306 e. The van der Waals surface area contributed by atoms with E-state index in [4.69, 9.17) is 14.2 Å². The van der Waals surface area contributed by atoms with Gasteiger partial charge in [0.25, 0.3) is 0 Å². The lowest BCUT2D eigenvalue weighted by atomic mass is 9.99. The number of ether oxygens (including phenoxy) is 3. The van der Waals surface area contributed by atoms with Crippen molar-refractivity contribution in [3.05, 3.63) is 0 Å². The fourth-order valence-corrected chi connectivity index (χ4v) is 7.78. The molecule has 0 aromatic carbocycles. The highest BCUT2D eigenvalue weighted by atomic mass is 16.6. The van der Waals surface area contributed by atoms with Crippen molar-refractivity contribution in [2.24, 2.45) is 11.8 Å². The standard InChI is InChI=1S/C52H100O6/c1-6-8-9-10-25-32-37-42-50(53)56-45-49(58-52(55)44-39-34-29-24-20-19-22-27-31-36-41-48(5)7-2)46-57-51(54)43-38-33-28-23-18-16-14-12-11-13-15-17-21-26-30-35-40-47(3)4/h47-49H,6-46H2,1-5H3/t48?,49-/m0/s1. The van der Waals surface area contributed by atoms with Crippen molar-refractivity contribution in [2.75, 3.05) is 13.2 Å². The van der Waals surface area contributed by atoms with Crippen LogP contribution in [0.25, 0.3) is 0 Å². The van der Waals surface area contributed by atoms with Crippen LogP contribution in [0, 0.1) is 11.8 Å². The second-order valence-electron chi connectivity index (χ2n) is 18.5. The Balaban J connectivity index is 4.18. The Labute approximate surface area is 361 Å². The third-order valence-electron chi connectivity index (χ3n) is 12.1. The quantitative estimate of drug-likeness (QED) is 0.0346. The Hall–Kier alpha value is -1.59. The van der Waals surface area contributed by atoms with Crippen LogP contribution in [0.5, 0.6) is 0 Å². The molecule has 2 atom stereocenters. The maximum absolute atomic E-state index is 12.7. The lowest BCUT2D eigenvalue weighted by Crippen LogP contribution is -2.30. The van der Waals surface area contributed by atoms with Gasteiger partial charge in [0, 0.05) is 19.3 Å². The number of hydrogen-bond acceptors (Lipinski definition) is 6. The van der Waals surface area contributed by atoms with Crippen LogP contribution in [-0.2, 0) is 28.6 Å². The number of carbonyl (C=O) groups is 3. The van der Waals surface area contributed by atoms with Gasteiger partial charge in [-0.05, 0) is 31.1 Å². The summed E-state index contributed by atoms with van der Waals surface area (Å²) in [5.74, 6) is 0.865. The summed E-state index contributed by atoms with van der Waals surface area (Å²) in [5, 5.41) is 0. The van der Waals surface area contributed by atoms with E-state index >= 15 is 0 Å². The number of hydrogen-bond donors (Lipinski definition) is 0. The zero-order valence-electron chi connectivity index (χ0n) is 39.7. The summed E-state index contributed by atoms with van der Waals surface area (Å²) in [4.78, 5) is 37.8. The second-order valence-corrected chi connectivity index (χ2v) is 18.5. The fraction of sp³-hybridized carbons (Fsp3) is 0.942. The number of rotatable bonds is 46. The van der Waals surface area contributed by atoms with Crippen LogP contribution < -0.4 is 0 Å². The largest absolute Gasteiger partial charge is 0.462 e. The molecule has 0 bridgehead atoms. The maximum atomic E-state index is 12.7. The van der Waals surface area contributed by atoms with E-state index in [1.54, 1.807) is 0 Å². The van der Waals surface area contributed by atoms with Crippen LogP contribution in [-0.4, -0.2) is 37.2 Å². The van der Waals surface area contributed by atoms with Crippen molar-refractivity contribution in [1.29, 1.82) is 0 Å². The van der Waals surface area contributed by atoms with Gasteiger partial charge in [0.15, 0.2) is 6.10 Å². The van der Waals surface area contributed by atoms with Gasteiger partial charge in [0.2, 0.25) is 0 Å². The molecule has 0 radical (unpaired) electrons. The minimum atomic E-state index is -0.760. The first-order valence-corrected chi connectivity index (χ1v) is 25.8. The van der Waals surface area contributed by atoms with Crippen LogP contribution in [0.1, 0.15) is 285 Å². The van der Waals surface area contributed by atoms with Gasteiger partial charge in [-0.1, -0.05) is 247 Å². The first kappa shape index (κ1) is 56.4. The van der Waals surface area contributed by atoms with Gasteiger partial charge >= 0.3 is 17.9 Å². The molecular formula is C52H100O6. The van der Waals surface area contributed by atoms with E-state index in [0.717, 1.165) is 69.6 Å². The summed E-state index contributed by atoms with van der Waals surface area (Å²) in [7, 11) is 0. The number of unbranched alkanes of at least 4 members (excludes halogenated alkanes) is 30. The average molecular weight is 821 g/mol. The number of esters is 3. The molecule has 6 nitrogen and oxygen atoms in total. The lowest BCUT2D eigenvalue weighted by Gasteiger charge is -2.18. The van der Waals surface area contributed by atoms with Crippen LogP contribution in [0.3, 0.4) is 0 Å². The molecule has 0 aliphatic rings. The van der Waals surface area contributed by atoms with E-state index in [9.17, 15) is 14.4 Å². The molecule has 344 valence electrons. The Morgan fingerprint density at radius 1 is 0.362 bits per heavy atom. The Kier molecular flexibility index (Phi) is 43.7. The molecule has 0 N–H and O–H groups in total. The van der Waals surface area contributed by atoms with Gasteiger partial charge in [0.05, 0.1) is 0 Å². The first-order chi connectivity index (χ1) is 28.3.